The Morgan fingerprint density at radius 3 is 2.43 bits per heavy atom. The van der Waals surface area contributed by atoms with Crippen LogP contribution in [0.4, 0.5) is 20.6 Å². The molecule has 0 unspecified atom stereocenters. The first-order chi connectivity index (χ1) is 10.0. The molecule has 0 bridgehead atoms. The summed E-state index contributed by atoms with van der Waals surface area (Å²) in [4.78, 5) is 22.6. The minimum atomic E-state index is -0.819. The van der Waals surface area contributed by atoms with Crippen LogP contribution in [0.5, 0.6) is 5.75 Å². The van der Waals surface area contributed by atoms with Gasteiger partial charge in [-0.3, -0.25) is 10.1 Å². The topological polar surface area (TPSA) is 67.4 Å². The van der Waals surface area contributed by atoms with Crippen molar-refractivity contribution < 1.29 is 18.7 Å². The molecule has 0 radical (unpaired) electrons. The van der Waals surface area contributed by atoms with Gasteiger partial charge in [0.2, 0.25) is 5.91 Å². The SMILES string of the molecule is CC(=O)Nc1ccc(F)c(NC(=O)Oc2ccccc2)c1. The maximum absolute atomic E-state index is 13.6. The van der Waals surface area contributed by atoms with Gasteiger partial charge < -0.3 is 10.1 Å². The first-order valence-electron chi connectivity index (χ1n) is 6.15. The summed E-state index contributed by atoms with van der Waals surface area (Å²) >= 11 is 0. The zero-order valence-corrected chi connectivity index (χ0v) is 11.2. The summed E-state index contributed by atoms with van der Waals surface area (Å²) in [7, 11) is 0. The zero-order chi connectivity index (χ0) is 15.2. The number of amides is 2. The van der Waals surface area contributed by atoms with Gasteiger partial charge >= 0.3 is 6.09 Å². The second-order valence-corrected chi connectivity index (χ2v) is 4.20. The molecule has 6 heteroatoms. The first kappa shape index (κ1) is 14.5. The van der Waals surface area contributed by atoms with Gasteiger partial charge in [-0.05, 0) is 30.3 Å². The molecule has 0 spiro atoms. The van der Waals surface area contributed by atoms with Crippen molar-refractivity contribution in [2.45, 2.75) is 6.92 Å². The summed E-state index contributed by atoms with van der Waals surface area (Å²) in [6.45, 7) is 1.33. The van der Waals surface area contributed by atoms with Crippen molar-refractivity contribution in [1.29, 1.82) is 0 Å². The van der Waals surface area contributed by atoms with Crippen LogP contribution in [0.2, 0.25) is 0 Å². The molecular formula is C15H13FN2O3. The average molecular weight is 288 g/mol. The Kier molecular flexibility index (Phi) is 4.50. The predicted octanol–water partition coefficient (Wildman–Crippen LogP) is 3.40. The van der Waals surface area contributed by atoms with Gasteiger partial charge in [-0.1, -0.05) is 18.2 Å². The molecule has 108 valence electrons. The van der Waals surface area contributed by atoms with E-state index in [-0.39, 0.29) is 11.6 Å². The van der Waals surface area contributed by atoms with E-state index < -0.39 is 11.9 Å². The van der Waals surface area contributed by atoms with Crippen LogP contribution in [-0.2, 0) is 4.79 Å². The van der Waals surface area contributed by atoms with E-state index in [0.717, 1.165) is 6.07 Å². The molecule has 0 fully saturated rings. The molecule has 0 aliphatic rings. The summed E-state index contributed by atoms with van der Waals surface area (Å²) in [6, 6.07) is 12.2. The molecule has 0 heterocycles. The van der Waals surface area contributed by atoms with Crippen molar-refractivity contribution in [1.82, 2.24) is 0 Å². The maximum atomic E-state index is 13.6. The number of carbonyl (C=O) groups excluding carboxylic acids is 2. The fraction of sp³-hybridized carbons (Fsp3) is 0.0667. The van der Waals surface area contributed by atoms with Gasteiger partial charge in [0.1, 0.15) is 11.6 Å². The minimum Gasteiger partial charge on any atom is -0.410 e. The van der Waals surface area contributed by atoms with Gasteiger partial charge in [-0.25, -0.2) is 9.18 Å². The van der Waals surface area contributed by atoms with Crippen LogP contribution in [0.25, 0.3) is 0 Å². The van der Waals surface area contributed by atoms with E-state index >= 15 is 0 Å². The predicted molar refractivity (Wildman–Crippen MR) is 76.8 cm³/mol. The first-order valence-corrected chi connectivity index (χ1v) is 6.15. The molecule has 2 aromatic rings. The third-order valence-electron chi connectivity index (χ3n) is 2.48. The summed E-state index contributed by atoms with van der Waals surface area (Å²) in [5.41, 5.74) is 0.293. The lowest BCUT2D eigenvalue weighted by molar-refractivity contribution is -0.114. The third-order valence-corrected chi connectivity index (χ3v) is 2.48. The van der Waals surface area contributed by atoms with E-state index in [1.165, 1.54) is 19.1 Å². The van der Waals surface area contributed by atoms with Gasteiger partial charge in [-0.15, -0.1) is 0 Å². The average Bonchev–Trinajstić information content (AvgIpc) is 2.43. The van der Waals surface area contributed by atoms with Gasteiger partial charge in [0.25, 0.3) is 0 Å². The van der Waals surface area contributed by atoms with Crippen molar-refractivity contribution in [3.63, 3.8) is 0 Å². The number of para-hydroxylation sites is 1. The minimum absolute atomic E-state index is 0.0813. The largest absolute Gasteiger partial charge is 0.417 e. The van der Waals surface area contributed by atoms with Crippen LogP contribution in [0.1, 0.15) is 6.92 Å². The van der Waals surface area contributed by atoms with Crippen LogP contribution in [0.3, 0.4) is 0 Å². The summed E-state index contributed by atoms with van der Waals surface area (Å²) in [5.74, 6) is -0.582. The number of ether oxygens (including phenoxy) is 1. The highest BCUT2D eigenvalue weighted by Crippen LogP contribution is 2.20. The Morgan fingerprint density at radius 2 is 1.76 bits per heavy atom. The normalized spacial score (nSPS) is 9.81. The molecule has 5 nitrogen and oxygen atoms in total. The molecule has 0 saturated heterocycles. The second-order valence-electron chi connectivity index (χ2n) is 4.20. The summed E-state index contributed by atoms with van der Waals surface area (Å²) in [6.07, 6.45) is -0.819. The van der Waals surface area contributed by atoms with Crippen LogP contribution in [0.15, 0.2) is 48.5 Å². The van der Waals surface area contributed by atoms with Gasteiger partial charge in [0.05, 0.1) is 5.69 Å². The molecule has 0 aliphatic heterocycles. The Bertz CT molecular complexity index is 659. The Labute approximate surface area is 120 Å². The number of carbonyl (C=O) groups is 2. The number of benzene rings is 2. The van der Waals surface area contributed by atoms with E-state index in [1.54, 1.807) is 30.3 Å². The van der Waals surface area contributed by atoms with E-state index in [4.69, 9.17) is 4.74 Å². The highest BCUT2D eigenvalue weighted by molar-refractivity contribution is 5.91. The Morgan fingerprint density at radius 1 is 1.05 bits per heavy atom. The quantitative estimate of drug-likeness (QED) is 0.909. The molecule has 2 aromatic carbocycles. The third kappa shape index (κ3) is 4.31. The molecule has 0 aromatic heterocycles. The van der Waals surface area contributed by atoms with E-state index in [0.29, 0.717) is 11.4 Å². The molecule has 0 saturated carbocycles. The Hall–Kier alpha value is -2.89. The molecule has 21 heavy (non-hydrogen) atoms. The summed E-state index contributed by atoms with van der Waals surface area (Å²) < 4.78 is 18.6. The fourth-order valence-corrected chi connectivity index (χ4v) is 1.63. The van der Waals surface area contributed by atoms with Crippen LogP contribution in [0, 0.1) is 5.82 Å². The molecule has 2 N–H and O–H groups in total. The lowest BCUT2D eigenvalue weighted by atomic mass is 10.2. The van der Waals surface area contributed by atoms with Crippen LogP contribution < -0.4 is 15.4 Å². The lowest BCUT2D eigenvalue weighted by Gasteiger charge is -2.09. The van der Waals surface area contributed by atoms with Gasteiger partial charge in [0, 0.05) is 12.6 Å². The van der Waals surface area contributed by atoms with E-state index in [9.17, 15) is 14.0 Å². The van der Waals surface area contributed by atoms with Gasteiger partial charge in [-0.2, -0.15) is 0 Å². The highest BCUT2D eigenvalue weighted by Gasteiger charge is 2.10. The molecule has 2 rings (SSSR count). The number of nitrogens with one attached hydrogen (secondary N) is 2. The highest BCUT2D eigenvalue weighted by atomic mass is 19.1. The monoisotopic (exact) mass is 288 g/mol. The van der Waals surface area contributed by atoms with Crippen molar-refractivity contribution in [3.8, 4) is 5.75 Å². The smallest absolute Gasteiger partial charge is 0.410 e. The number of halogens is 1. The van der Waals surface area contributed by atoms with Crippen molar-refractivity contribution in [2.75, 3.05) is 10.6 Å². The van der Waals surface area contributed by atoms with Crippen molar-refractivity contribution in [3.05, 3.63) is 54.3 Å². The lowest BCUT2D eigenvalue weighted by Crippen LogP contribution is -2.18. The number of anilines is 2. The molecular weight excluding hydrogens is 275 g/mol. The van der Waals surface area contributed by atoms with Crippen molar-refractivity contribution >= 4 is 23.4 Å². The van der Waals surface area contributed by atoms with Crippen molar-refractivity contribution in [2.24, 2.45) is 0 Å². The molecule has 0 aliphatic carbocycles. The second kappa shape index (κ2) is 6.51. The van der Waals surface area contributed by atoms with Crippen LogP contribution >= 0.6 is 0 Å². The summed E-state index contributed by atoms with van der Waals surface area (Å²) in [5, 5.41) is 4.78. The van der Waals surface area contributed by atoms with Crippen LogP contribution in [-0.4, -0.2) is 12.0 Å². The Balaban J connectivity index is 2.07. The fourth-order valence-electron chi connectivity index (χ4n) is 1.63. The number of hydrogen-bond donors (Lipinski definition) is 2. The number of hydrogen-bond acceptors (Lipinski definition) is 3. The van der Waals surface area contributed by atoms with E-state index in [2.05, 4.69) is 10.6 Å². The zero-order valence-electron chi connectivity index (χ0n) is 11.2. The number of rotatable bonds is 3. The molecule has 2 amide bonds. The standard InChI is InChI=1S/C15H13FN2O3/c1-10(19)17-11-7-8-13(16)14(9-11)18-15(20)21-12-5-3-2-4-6-12/h2-9H,1H3,(H,17,19)(H,18,20). The maximum Gasteiger partial charge on any atom is 0.417 e. The van der Waals surface area contributed by atoms with Gasteiger partial charge in [0.15, 0.2) is 0 Å². The molecule has 0 atom stereocenters. The van der Waals surface area contributed by atoms with E-state index in [1.807, 2.05) is 0 Å².